The molecule has 4 rings (SSSR count). The van der Waals surface area contributed by atoms with E-state index in [4.69, 9.17) is 20.9 Å². The lowest BCUT2D eigenvalue weighted by atomic mass is 10.1. The van der Waals surface area contributed by atoms with E-state index in [1.165, 1.54) is 0 Å². The molecule has 0 aliphatic heterocycles. The van der Waals surface area contributed by atoms with E-state index in [0.29, 0.717) is 23.4 Å². The third-order valence-electron chi connectivity index (χ3n) is 6.17. The standard InChI is InChI=1S/C28H30N6O3.ClH/c1-3-37-26(35)14-16-34(22-5-4-15-31-18-22)28(36)21-11-12-24-23(17-21)32-25(33(24)2)13-8-19-6-9-20(10-7-19)27(29)30;/h4-7,9-12,15,17-18H,3,8,13-14,16H2,1-2H3,(H3,29,30);1H. The Labute approximate surface area is 227 Å². The third kappa shape index (κ3) is 6.54. The quantitative estimate of drug-likeness (QED) is 0.179. The van der Waals surface area contributed by atoms with Crippen LogP contribution in [0.15, 0.2) is 67.0 Å². The van der Waals surface area contributed by atoms with Crippen molar-refractivity contribution in [3.63, 3.8) is 0 Å². The number of anilines is 1. The summed E-state index contributed by atoms with van der Waals surface area (Å²) >= 11 is 0. The number of carbonyl (C=O) groups is 2. The maximum absolute atomic E-state index is 13.5. The lowest BCUT2D eigenvalue weighted by Crippen LogP contribution is -2.33. The number of carbonyl (C=O) groups excluding carboxylic acids is 2. The van der Waals surface area contributed by atoms with Gasteiger partial charge in [0.25, 0.3) is 5.91 Å². The predicted octanol–water partition coefficient (Wildman–Crippen LogP) is 4.06. The fraction of sp³-hybridized carbons (Fsp3) is 0.250. The Kier molecular flexibility index (Phi) is 9.56. The summed E-state index contributed by atoms with van der Waals surface area (Å²) in [5.74, 6) is 0.360. The lowest BCUT2D eigenvalue weighted by Gasteiger charge is -2.22. The van der Waals surface area contributed by atoms with E-state index in [2.05, 4.69) is 4.98 Å². The van der Waals surface area contributed by atoms with Crippen LogP contribution < -0.4 is 10.6 Å². The molecule has 10 heteroatoms. The summed E-state index contributed by atoms with van der Waals surface area (Å²) in [6.07, 6.45) is 4.82. The molecule has 0 fully saturated rings. The van der Waals surface area contributed by atoms with Crippen LogP contribution in [0.3, 0.4) is 0 Å². The normalized spacial score (nSPS) is 10.6. The van der Waals surface area contributed by atoms with Gasteiger partial charge in [0.2, 0.25) is 0 Å². The van der Waals surface area contributed by atoms with Crippen LogP contribution in [0.1, 0.15) is 40.7 Å². The minimum atomic E-state index is -0.357. The zero-order valence-corrected chi connectivity index (χ0v) is 22.2. The van der Waals surface area contributed by atoms with Crippen molar-refractivity contribution in [2.75, 3.05) is 18.1 Å². The number of nitrogens with one attached hydrogen (secondary N) is 1. The molecular formula is C28H31ClN6O3. The van der Waals surface area contributed by atoms with Crippen molar-refractivity contribution in [3.05, 3.63) is 89.5 Å². The number of hydrogen-bond acceptors (Lipinski definition) is 6. The Bertz CT molecular complexity index is 1420. The second-order valence-electron chi connectivity index (χ2n) is 8.62. The molecule has 9 nitrogen and oxygen atoms in total. The maximum atomic E-state index is 13.5. The highest BCUT2D eigenvalue weighted by molar-refractivity contribution is 6.07. The Morgan fingerprint density at radius 1 is 1.08 bits per heavy atom. The number of hydrogen-bond donors (Lipinski definition) is 2. The van der Waals surface area contributed by atoms with Gasteiger partial charge in [0.05, 0.1) is 35.9 Å². The van der Waals surface area contributed by atoms with Gasteiger partial charge in [-0.2, -0.15) is 0 Å². The van der Waals surface area contributed by atoms with Crippen LogP contribution in [0.2, 0.25) is 0 Å². The first kappa shape index (κ1) is 28.3. The summed E-state index contributed by atoms with van der Waals surface area (Å²) in [5.41, 5.74) is 10.1. The van der Waals surface area contributed by atoms with Crippen molar-refractivity contribution < 1.29 is 14.3 Å². The van der Waals surface area contributed by atoms with Crippen LogP contribution in [-0.2, 0) is 29.4 Å². The first-order chi connectivity index (χ1) is 17.9. The monoisotopic (exact) mass is 534 g/mol. The molecule has 38 heavy (non-hydrogen) atoms. The molecule has 0 unspecified atom stereocenters. The smallest absolute Gasteiger partial charge is 0.307 e. The number of nitrogen functional groups attached to an aromatic ring is 1. The fourth-order valence-corrected chi connectivity index (χ4v) is 4.17. The highest BCUT2D eigenvalue weighted by Gasteiger charge is 2.21. The molecule has 0 saturated heterocycles. The van der Waals surface area contributed by atoms with Gasteiger partial charge in [-0.3, -0.25) is 20.0 Å². The van der Waals surface area contributed by atoms with Gasteiger partial charge in [-0.1, -0.05) is 24.3 Å². The Hall–Kier alpha value is -4.24. The maximum Gasteiger partial charge on any atom is 0.307 e. The van der Waals surface area contributed by atoms with Crippen LogP contribution in [0.4, 0.5) is 5.69 Å². The number of aryl methyl sites for hydroxylation is 3. The number of pyridine rings is 1. The highest BCUT2D eigenvalue weighted by atomic mass is 35.5. The number of nitrogens with two attached hydrogens (primary N) is 1. The number of nitrogens with zero attached hydrogens (tertiary/aromatic N) is 4. The molecule has 4 aromatic rings. The molecule has 0 aliphatic rings. The topological polar surface area (TPSA) is 127 Å². The van der Waals surface area contributed by atoms with Gasteiger partial charge in [-0.15, -0.1) is 12.4 Å². The van der Waals surface area contributed by atoms with Crippen molar-refractivity contribution in [2.24, 2.45) is 12.8 Å². The highest BCUT2D eigenvalue weighted by Crippen LogP contribution is 2.22. The number of amides is 1. The van der Waals surface area contributed by atoms with E-state index in [1.807, 2.05) is 41.9 Å². The third-order valence-corrected chi connectivity index (χ3v) is 6.17. The number of benzene rings is 2. The molecule has 198 valence electrons. The zero-order valence-electron chi connectivity index (χ0n) is 21.4. The van der Waals surface area contributed by atoms with Crippen molar-refractivity contribution >= 4 is 46.8 Å². The summed E-state index contributed by atoms with van der Waals surface area (Å²) in [4.78, 5) is 36.0. The number of rotatable bonds is 10. The van der Waals surface area contributed by atoms with Gasteiger partial charge in [0.15, 0.2) is 0 Å². The number of fused-ring (bicyclic) bond motifs is 1. The van der Waals surface area contributed by atoms with Gasteiger partial charge < -0.3 is 19.9 Å². The molecule has 2 heterocycles. The van der Waals surface area contributed by atoms with Crippen LogP contribution in [0.5, 0.6) is 0 Å². The first-order valence-electron chi connectivity index (χ1n) is 12.1. The average Bonchev–Trinajstić information content (AvgIpc) is 3.23. The molecule has 2 aromatic carbocycles. The molecule has 1 amide bonds. The van der Waals surface area contributed by atoms with Crippen molar-refractivity contribution in [2.45, 2.75) is 26.2 Å². The van der Waals surface area contributed by atoms with Crippen molar-refractivity contribution in [1.82, 2.24) is 14.5 Å². The van der Waals surface area contributed by atoms with Gasteiger partial charge >= 0.3 is 5.97 Å². The Morgan fingerprint density at radius 2 is 1.82 bits per heavy atom. The molecule has 0 atom stereocenters. The number of imidazole rings is 1. The van der Waals surface area contributed by atoms with E-state index in [9.17, 15) is 9.59 Å². The van der Waals surface area contributed by atoms with Crippen LogP contribution in [0.25, 0.3) is 11.0 Å². The predicted molar refractivity (Wildman–Crippen MR) is 150 cm³/mol. The lowest BCUT2D eigenvalue weighted by molar-refractivity contribution is -0.142. The molecule has 0 aliphatic carbocycles. The van der Waals surface area contributed by atoms with Gasteiger partial charge in [0, 0.05) is 37.3 Å². The fourth-order valence-electron chi connectivity index (χ4n) is 4.17. The number of aromatic nitrogens is 3. The number of ether oxygens (including phenoxy) is 1. The molecule has 0 bridgehead atoms. The number of esters is 1. The molecule has 2 aromatic heterocycles. The van der Waals surface area contributed by atoms with Crippen molar-refractivity contribution in [1.29, 1.82) is 5.41 Å². The average molecular weight is 535 g/mol. The second kappa shape index (κ2) is 12.8. The summed E-state index contributed by atoms with van der Waals surface area (Å²) in [5, 5.41) is 7.53. The van der Waals surface area contributed by atoms with E-state index in [1.54, 1.807) is 48.5 Å². The van der Waals surface area contributed by atoms with Crippen LogP contribution in [0, 0.1) is 5.41 Å². The summed E-state index contributed by atoms with van der Waals surface area (Å²) in [6.45, 7) is 2.22. The summed E-state index contributed by atoms with van der Waals surface area (Å²) in [7, 11) is 1.96. The molecule has 0 saturated carbocycles. The largest absolute Gasteiger partial charge is 0.466 e. The second-order valence-corrected chi connectivity index (χ2v) is 8.62. The number of halogens is 1. The number of amidine groups is 1. The van der Waals surface area contributed by atoms with Gasteiger partial charge in [0.1, 0.15) is 11.7 Å². The SMILES string of the molecule is CCOC(=O)CCN(C(=O)c1ccc2c(c1)nc(CCc1ccc(C(=N)N)cc1)n2C)c1cccnc1.Cl. The van der Waals surface area contributed by atoms with E-state index >= 15 is 0 Å². The summed E-state index contributed by atoms with van der Waals surface area (Å²) < 4.78 is 7.07. The van der Waals surface area contributed by atoms with E-state index < -0.39 is 0 Å². The summed E-state index contributed by atoms with van der Waals surface area (Å²) in [6, 6.07) is 16.6. The molecule has 3 N–H and O–H groups in total. The minimum absolute atomic E-state index is 0. The Balaban J connectivity index is 0.00000400. The molecular weight excluding hydrogens is 504 g/mol. The molecule has 0 spiro atoms. The molecule has 0 radical (unpaired) electrons. The van der Waals surface area contributed by atoms with Gasteiger partial charge in [-0.25, -0.2) is 4.98 Å². The van der Waals surface area contributed by atoms with E-state index in [-0.39, 0.29) is 43.1 Å². The van der Waals surface area contributed by atoms with Crippen LogP contribution in [-0.4, -0.2) is 45.4 Å². The van der Waals surface area contributed by atoms with Crippen LogP contribution >= 0.6 is 12.4 Å². The minimum Gasteiger partial charge on any atom is -0.466 e. The van der Waals surface area contributed by atoms with Gasteiger partial charge in [-0.05, 0) is 49.2 Å². The van der Waals surface area contributed by atoms with Crippen molar-refractivity contribution in [3.8, 4) is 0 Å². The Morgan fingerprint density at radius 3 is 2.47 bits per heavy atom. The zero-order chi connectivity index (χ0) is 26.4. The van der Waals surface area contributed by atoms with E-state index in [0.717, 1.165) is 35.3 Å². The first-order valence-corrected chi connectivity index (χ1v) is 12.1.